The molecule has 0 aromatic heterocycles. The van der Waals surface area contributed by atoms with Crippen LogP contribution in [0.2, 0.25) is 0 Å². The smallest absolute Gasteiger partial charge is 0.340 e. The van der Waals surface area contributed by atoms with E-state index in [9.17, 15) is 19.4 Å². The number of ether oxygens (including phenoxy) is 1. The summed E-state index contributed by atoms with van der Waals surface area (Å²) in [7, 11) is 1.46. The number of carbonyl (C=O) groups is 1. The molecule has 0 heterocycles. The van der Waals surface area contributed by atoms with E-state index in [1.165, 1.54) is 25.3 Å². The van der Waals surface area contributed by atoms with Crippen molar-refractivity contribution in [3.63, 3.8) is 0 Å². The molecule has 0 saturated heterocycles. The van der Waals surface area contributed by atoms with Crippen molar-refractivity contribution in [1.82, 2.24) is 0 Å². The van der Waals surface area contributed by atoms with Crippen LogP contribution in [0.3, 0.4) is 0 Å². The standard InChI is InChI=1S/C21H23FO4/c1-14(15-8-6-5-7-9-15)21(25,19(23)24)13-20(2,3)17-12-16(22)10-11-18(17)26-4/h5-12,25H,1,13H2,2-4H3,(H,23,24). The van der Waals surface area contributed by atoms with E-state index in [-0.39, 0.29) is 12.0 Å². The molecular weight excluding hydrogens is 335 g/mol. The minimum Gasteiger partial charge on any atom is -0.496 e. The van der Waals surface area contributed by atoms with E-state index in [4.69, 9.17) is 4.74 Å². The van der Waals surface area contributed by atoms with E-state index in [1.54, 1.807) is 44.2 Å². The highest BCUT2D eigenvalue weighted by atomic mass is 19.1. The summed E-state index contributed by atoms with van der Waals surface area (Å²) in [5.41, 5.74) is -2.05. The van der Waals surface area contributed by atoms with E-state index in [0.29, 0.717) is 16.9 Å². The van der Waals surface area contributed by atoms with Crippen LogP contribution in [0, 0.1) is 5.82 Å². The maximum atomic E-state index is 13.8. The van der Waals surface area contributed by atoms with Crippen LogP contribution in [0.5, 0.6) is 5.75 Å². The largest absolute Gasteiger partial charge is 0.496 e. The van der Waals surface area contributed by atoms with Gasteiger partial charge in [0.2, 0.25) is 0 Å². The Bertz CT molecular complexity index is 814. The molecule has 0 spiro atoms. The molecule has 26 heavy (non-hydrogen) atoms. The Morgan fingerprint density at radius 1 is 1.19 bits per heavy atom. The first kappa shape index (κ1) is 19.7. The van der Waals surface area contributed by atoms with Crippen molar-refractivity contribution >= 4 is 11.5 Å². The normalized spacial score (nSPS) is 13.7. The number of halogens is 1. The first-order chi connectivity index (χ1) is 12.1. The number of hydrogen-bond donors (Lipinski definition) is 2. The number of aliphatic carboxylic acids is 1. The molecule has 2 aromatic rings. The molecule has 0 aliphatic heterocycles. The van der Waals surface area contributed by atoms with Gasteiger partial charge in [-0.25, -0.2) is 9.18 Å². The fourth-order valence-corrected chi connectivity index (χ4v) is 3.13. The zero-order valence-electron chi connectivity index (χ0n) is 15.1. The van der Waals surface area contributed by atoms with E-state index >= 15 is 0 Å². The Morgan fingerprint density at radius 3 is 2.35 bits per heavy atom. The fourth-order valence-electron chi connectivity index (χ4n) is 3.13. The average Bonchev–Trinajstić information content (AvgIpc) is 2.61. The van der Waals surface area contributed by atoms with Crippen molar-refractivity contribution < 1.29 is 24.1 Å². The Kier molecular flexibility index (Phi) is 5.52. The van der Waals surface area contributed by atoms with Gasteiger partial charge in [0, 0.05) is 12.0 Å². The molecule has 4 nitrogen and oxygen atoms in total. The molecule has 138 valence electrons. The first-order valence-electron chi connectivity index (χ1n) is 8.16. The number of carboxylic acid groups (broad SMARTS) is 1. The van der Waals surface area contributed by atoms with Crippen molar-refractivity contribution in [2.75, 3.05) is 7.11 Å². The van der Waals surface area contributed by atoms with Crippen LogP contribution in [-0.4, -0.2) is 28.9 Å². The summed E-state index contributed by atoms with van der Waals surface area (Å²) in [6.07, 6.45) is -0.205. The summed E-state index contributed by atoms with van der Waals surface area (Å²) < 4.78 is 19.1. The molecule has 2 rings (SSSR count). The van der Waals surface area contributed by atoms with E-state index in [0.717, 1.165) is 0 Å². The van der Waals surface area contributed by atoms with Gasteiger partial charge in [0.15, 0.2) is 5.60 Å². The minimum atomic E-state index is -2.22. The van der Waals surface area contributed by atoms with Gasteiger partial charge in [0.05, 0.1) is 7.11 Å². The monoisotopic (exact) mass is 358 g/mol. The third-order valence-corrected chi connectivity index (χ3v) is 4.56. The molecule has 0 bridgehead atoms. The maximum absolute atomic E-state index is 13.8. The highest BCUT2D eigenvalue weighted by molar-refractivity contribution is 5.94. The van der Waals surface area contributed by atoms with Crippen LogP contribution in [0.1, 0.15) is 31.4 Å². The Morgan fingerprint density at radius 2 is 1.81 bits per heavy atom. The molecular formula is C21H23FO4. The van der Waals surface area contributed by atoms with Crippen LogP contribution in [-0.2, 0) is 10.2 Å². The predicted molar refractivity (Wildman–Crippen MR) is 98.7 cm³/mol. The number of methoxy groups -OCH3 is 1. The number of rotatable bonds is 7. The van der Waals surface area contributed by atoms with Gasteiger partial charge in [-0.2, -0.15) is 0 Å². The summed E-state index contributed by atoms with van der Waals surface area (Å²) in [5, 5.41) is 20.7. The molecule has 2 N–H and O–H groups in total. The Hall–Kier alpha value is -2.66. The van der Waals surface area contributed by atoms with Crippen LogP contribution in [0.15, 0.2) is 55.1 Å². The van der Waals surface area contributed by atoms with Gasteiger partial charge in [0.1, 0.15) is 11.6 Å². The van der Waals surface area contributed by atoms with Gasteiger partial charge in [0.25, 0.3) is 0 Å². The highest BCUT2D eigenvalue weighted by Gasteiger charge is 2.45. The number of aliphatic hydroxyl groups is 1. The zero-order chi connectivity index (χ0) is 19.5. The van der Waals surface area contributed by atoms with Crippen molar-refractivity contribution in [2.45, 2.75) is 31.3 Å². The predicted octanol–water partition coefficient (Wildman–Crippen LogP) is 4.03. The summed E-state index contributed by atoms with van der Waals surface area (Å²) in [6, 6.07) is 12.7. The van der Waals surface area contributed by atoms with Crippen LogP contribution >= 0.6 is 0 Å². The zero-order valence-corrected chi connectivity index (χ0v) is 15.1. The molecule has 1 atom stereocenters. The molecule has 2 aromatic carbocycles. The molecule has 0 aliphatic rings. The summed E-state index contributed by atoms with van der Waals surface area (Å²) in [4.78, 5) is 12.0. The van der Waals surface area contributed by atoms with Crippen LogP contribution in [0.4, 0.5) is 4.39 Å². The summed E-state index contributed by atoms with van der Waals surface area (Å²) in [6.45, 7) is 7.29. The van der Waals surface area contributed by atoms with Crippen molar-refractivity contribution in [2.24, 2.45) is 0 Å². The number of hydrogen-bond acceptors (Lipinski definition) is 3. The lowest BCUT2D eigenvalue weighted by Crippen LogP contribution is -2.44. The van der Waals surface area contributed by atoms with Gasteiger partial charge >= 0.3 is 5.97 Å². The lowest BCUT2D eigenvalue weighted by atomic mass is 9.71. The second-order valence-corrected chi connectivity index (χ2v) is 6.92. The Balaban J connectivity index is 2.48. The van der Waals surface area contributed by atoms with Gasteiger partial charge in [-0.3, -0.25) is 0 Å². The summed E-state index contributed by atoms with van der Waals surface area (Å²) >= 11 is 0. The molecule has 0 saturated carbocycles. The minimum absolute atomic E-state index is 0.0778. The summed E-state index contributed by atoms with van der Waals surface area (Å²) in [5.74, 6) is -1.45. The SMILES string of the molecule is C=C(c1ccccc1)C(O)(CC(C)(C)c1cc(F)ccc1OC)C(=O)O. The quantitative estimate of drug-likeness (QED) is 0.784. The number of carboxylic acids is 1. The van der Waals surface area contributed by atoms with Crippen molar-refractivity contribution in [3.05, 3.63) is 72.1 Å². The van der Waals surface area contributed by atoms with Crippen LogP contribution in [0.25, 0.3) is 5.57 Å². The number of benzene rings is 2. The Labute approximate surface area is 152 Å². The molecule has 0 fully saturated rings. The molecule has 1 unspecified atom stereocenters. The molecule has 0 radical (unpaired) electrons. The van der Waals surface area contributed by atoms with E-state index in [2.05, 4.69) is 6.58 Å². The molecule has 0 aliphatic carbocycles. The second kappa shape index (κ2) is 7.30. The van der Waals surface area contributed by atoms with Gasteiger partial charge in [-0.1, -0.05) is 50.8 Å². The van der Waals surface area contributed by atoms with Crippen molar-refractivity contribution in [3.8, 4) is 5.75 Å². The molecule has 0 amide bonds. The van der Waals surface area contributed by atoms with Gasteiger partial charge in [-0.05, 0) is 34.8 Å². The molecule has 5 heteroatoms. The third-order valence-electron chi connectivity index (χ3n) is 4.56. The van der Waals surface area contributed by atoms with Crippen LogP contribution < -0.4 is 4.74 Å². The van der Waals surface area contributed by atoms with Crippen molar-refractivity contribution in [1.29, 1.82) is 0 Å². The topological polar surface area (TPSA) is 66.8 Å². The first-order valence-corrected chi connectivity index (χ1v) is 8.16. The third kappa shape index (κ3) is 3.78. The maximum Gasteiger partial charge on any atom is 0.340 e. The average molecular weight is 358 g/mol. The highest BCUT2D eigenvalue weighted by Crippen LogP contribution is 2.42. The lowest BCUT2D eigenvalue weighted by molar-refractivity contribution is -0.154. The fraction of sp³-hybridized carbons (Fsp3) is 0.286. The lowest BCUT2D eigenvalue weighted by Gasteiger charge is -2.36. The van der Waals surface area contributed by atoms with E-state index < -0.39 is 22.8 Å². The second-order valence-electron chi connectivity index (χ2n) is 6.92. The van der Waals surface area contributed by atoms with Gasteiger partial charge in [-0.15, -0.1) is 0 Å². The van der Waals surface area contributed by atoms with Gasteiger partial charge < -0.3 is 14.9 Å². The van der Waals surface area contributed by atoms with E-state index in [1.807, 2.05) is 0 Å².